The maximum Gasteiger partial charge on any atom is 0.291 e. The van der Waals surface area contributed by atoms with Crippen LogP contribution in [-0.4, -0.2) is 37.0 Å². The summed E-state index contributed by atoms with van der Waals surface area (Å²) in [4.78, 5) is 26.4. The molecule has 7 nitrogen and oxygen atoms in total. The van der Waals surface area contributed by atoms with Crippen molar-refractivity contribution in [1.82, 2.24) is 4.90 Å². The summed E-state index contributed by atoms with van der Waals surface area (Å²) in [7, 11) is 1.62. The molecular weight excluding hydrogens is 384 g/mol. The number of methoxy groups -OCH3 is 1. The minimum absolute atomic E-state index is 0.0976. The highest BCUT2D eigenvalue weighted by atomic mass is 16.5. The van der Waals surface area contributed by atoms with Crippen LogP contribution >= 0.6 is 0 Å². The fraction of sp³-hybridized carbons (Fsp3) is 0.217. The molecular formula is C23H24N2O5. The molecule has 0 aliphatic rings. The number of carbonyl (C=O) groups excluding carboxylic acids is 2. The third kappa shape index (κ3) is 5.64. The highest BCUT2D eigenvalue weighted by Gasteiger charge is 2.14. The summed E-state index contributed by atoms with van der Waals surface area (Å²) in [5.41, 5.74) is 1.56. The second-order valence-corrected chi connectivity index (χ2v) is 6.50. The van der Waals surface area contributed by atoms with Gasteiger partial charge in [0.1, 0.15) is 11.5 Å². The molecule has 0 unspecified atom stereocenters. The van der Waals surface area contributed by atoms with Gasteiger partial charge in [0, 0.05) is 24.8 Å². The molecule has 1 N–H and O–H groups in total. The molecule has 3 rings (SSSR count). The van der Waals surface area contributed by atoms with Crippen LogP contribution in [0.5, 0.6) is 11.5 Å². The lowest BCUT2D eigenvalue weighted by Gasteiger charge is -2.21. The Balaban J connectivity index is 1.55. The minimum atomic E-state index is -0.357. The summed E-state index contributed by atoms with van der Waals surface area (Å²) >= 11 is 0. The van der Waals surface area contributed by atoms with Gasteiger partial charge in [0.15, 0.2) is 12.4 Å². The molecule has 1 heterocycles. The van der Waals surface area contributed by atoms with Crippen molar-refractivity contribution in [3.05, 3.63) is 78.3 Å². The van der Waals surface area contributed by atoms with Crippen molar-refractivity contribution in [2.24, 2.45) is 0 Å². The Labute approximate surface area is 175 Å². The summed E-state index contributed by atoms with van der Waals surface area (Å²) in [6.07, 6.45) is 1.44. The van der Waals surface area contributed by atoms with Crippen molar-refractivity contribution in [3.63, 3.8) is 0 Å². The average Bonchev–Trinajstić information content (AvgIpc) is 3.32. The predicted octanol–water partition coefficient (Wildman–Crippen LogP) is 3.97. The number of rotatable bonds is 9. The Morgan fingerprint density at radius 1 is 1.03 bits per heavy atom. The quantitative estimate of drug-likeness (QED) is 0.579. The van der Waals surface area contributed by atoms with E-state index in [1.165, 1.54) is 6.26 Å². The van der Waals surface area contributed by atoms with E-state index in [0.717, 1.165) is 11.3 Å². The molecule has 0 aliphatic heterocycles. The van der Waals surface area contributed by atoms with Gasteiger partial charge in [0.05, 0.1) is 13.4 Å². The van der Waals surface area contributed by atoms with Crippen molar-refractivity contribution in [3.8, 4) is 11.5 Å². The average molecular weight is 408 g/mol. The van der Waals surface area contributed by atoms with E-state index in [1.54, 1.807) is 48.4 Å². The van der Waals surface area contributed by atoms with Crippen molar-refractivity contribution in [1.29, 1.82) is 0 Å². The molecule has 2 aromatic carbocycles. The first-order chi connectivity index (χ1) is 14.6. The molecule has 0 bridgehead atoms. The van der Waals surface area contributed by atoms with Crippen molar-refractivity contribution in [2.45, 2.75) is 13.5 Å². The van der Waals surface area contributed by atoms with E-state index >= 15 is 0 Å². The van der Waals surface area contributed by atoms with Gasteiger partial charge in [-0.05, 0) is 48.9 Å². The molecule has 1 aromatic heterocycles. The van der Waals surface area contributed by atoms with Crippen LogP contribution in [0, 0.1) is 0 Å². The van der Waals surface area contributed by atoms with Crippen LogP contribution in [0.2, 0.25) is 0 Å². The molecule has 0 radical (unpaired) electrons. The van der Waals surface area contributed by atoms with Gasteiger partial charge in [-0.2, -0.15) is 0 Å². The molecule has 0 fully saturated rings. The molecule has 2 amide bonds. The van der Waals surface area contributed by atoms with Crippen LogP contribution in [0.1, 0.15) is 23.0 Å². The lowest BCUT2D eigenvalue weighted by molar-refractivity contribution is -0.133. The number of hydrogen-bond donors (Lipinski definition) is 1. The zero-order chi connectivity index (χ0) is 21.3. The maximum atomic E-state index is 12.6. The number of ether oxygens (including phenoxy) is 2. The smallest absolute Gasteiger partial charge is 0.291 e. The van der Waals surface area contributed by atoms with Gasteiger partial charge in [-0.25, -0.2) is 0 Å². The molecule has 0 saturated carbocycles. The van der Waals surface area contributed by atoms with E-state index in [-0.39, 0.29) is 24.2 Å². The number of nitrogens with one attached hydrogen (secondary N) is 1. The van der Waals surface area contributed by atoms with E-state index in [9.17, 15) is 9.59 Å². The highest BCUT2D eigenvalue weighted by Crippen LogP contribution is 2.19. The van der Waals surface area contributed by atoms with Gasteiger partial charge >= 0.3 is 0 Å². The highest BCUT2D eigenvalue weighted by molar-refractivity contribution is 6.02. The van der Waals surface area contributed by atoms with Crippen molar-refractivity contribution >= 4 is 17.5 Å². The SMILES string of the molecule is CCN(Cc1ccc(OC)cc1)C(=O)COc1cccc(NC(=O)c2ccco2)c1. The lowest BCUT2D eigenvalue weighted by Crippen LogP contribution is -2.34. The Hall–Kier alpha value is -3.74. The molecule has 0 aliphatic carbocycles. The summed E-state index contributed by atoms with van der Waals surface area (Å²) in [6.45, 7) is 2.88. The molecule has 7 heteroatoms. The number of hydrogen-bond acceptors (Lipinski definition) is 5. The van der Waals surface area contributed by atoms with Crippen LogP contribution in [0.3, 0.4) is 0 Å². The monoisotopic (exact) mass is 408 g/mol. The Morgan fingerprint density at radius 3 is 2.50 bits per heavy atom. The number of furan rings is 1. The Kier molecular flexibility index (Phi) is 7.10. The second kappa shape index (κ2) is 10.2. The Bertz CT molecular complexity index is 968. The fourth-order valence-electron chi connectivity index (χ4n) is 2.83. The molecule has 0 saturated heterocycles. The molecule has 30 heavy (non-hydrogen) atoms. The molecule has 3 aromatic rings. The van der Waals surface area contributed by atoms with Gasteiger partial charge in [-0.3, -0.25) is 9.59 Å². The number of likely N-dealkylation sites (N-methyl/N-ethyl adjacent to an activating group) is 1. The minimum Gasteiger partial charge on any atom is -0.497 e. The van der Waals surface area contributed by atoms with E-state index in [4.69, 9.17) is 13.9 Å². The first-order valence-corrected chi connectivity index (χ1v) is 9.57. The second-order valence-electron chi connectivity index (χ2n) is 6.50. The Morgan fingerprint density at radius 2 is 1.83 bits per heavy atom. The van der Waals surface area contributed by atoms with Crippen molar-refractivity contribution in [2.75, 3.05) is 25.6 Å². The van der Waals surface area contributed by atoms with E-state index in [2.05, 4.69) is 5.32 Å². The fourth-order valence-corrected chi connectivity index (χ4v) is 2.83. The lowest BCUT2D eigenvalue weighted by atomic mass is 10.2. The number of amides is 2. The third-order valence-corrected chi connectivity index (χ3v) is 4.47. The van der Waals surface area contributed by atoms with Crippen LogP contribution in [0.15, 0.2) is 71.3 Å². The summed E-state index contributed by atoms with van der Waals surface area (Å²) in [5.74, 6) is 0.994. The summed E-state index contributed by atoms with van der Waals surface area (Å²) in [5, 5.41) is 2.73. The van der Waals surface area contributed by atoms with Gasteiger partial charge in [-0.15, -0.1) is 0 Å². The van der Waals surface area contributed by atoms with E-state index in [0.29, 0.717) is 24.5 Å². The van der Waals surface area contributed by atoms with Gasteiger partial charge in [0.2, 0.25) is 0 Å². The zero-order valence-corrected chi connectivity index (χ0v) is 17.0. The molecule has 0 atom stereocenters. The third-order valence-electron chi connectivity index (χ3n) is 4.47. The van der Waals surface area contributed by atoms with Gasteiger partial charge in [-0.1, -0.05) is 18.2 Å². The van der Waals surface area contributed by atoms with E-state index < -0.39 is 0 Å². The summed E-state index contributed by atoms with van der Waals surface area (Å²) < 4.78 is 15.9. The molecule has 156 valence electrons. The number of benzene rings is 2. The number of anilines is 1. The first-order valence-electron chi connectivity index (χ1n) is 9.57. The maximum absolute atomic E-state index is 12.6. The largest absolute Gasteiger partial charge is 0.497 e. The van der Waals surface area contributed by atoms with Crippen LogP contribution in [0.25, 0.3) is 0 Å². The van der Waals surface area contributed by atoms with Gasteiger partial charge < -0.3 is 24.1 Å². The number of nitrogens with zero attached hydrogens (tertiary/aromatic N) is 1. The summed E-state index contributed by atoms with van der Waals surface area (Å²) in [6, 6.07) is 17.7. The standard InChI is InChI=1S/C23H24N2O5/c1-3-25(15-17-9-11-19(28-2)12-10-17)22(26)16-30-20-7-4-6-18(14-20)24-23(27)21-8-5-13-29-21/h4-14H,3,15-16H2,1-2H3,(H,24,27). The predicted molar refractivity (Wildman–Crippen MR) is 113 cm³/mol. The normalized spacial score (nSPS) is 10.3. The van der Waals surface area contributed by atoms with Crippen molar-refractivity contribution < 1.29 is 23.5 Å². The van der Waals surface area contributed by atoms with Crippen LogP contribution in [0.4, 0.5) is 5.69 Å². The molecule has 0 spiro atoms. The van der Waals surface area contributed by atoms with Crippen LogP contribution in [-0.2, 0) is 11.3 Å². The topological polar surface area (TPSA) is 81.0 Å². The van der Waals surface area contributed by atoms with Gasteiger partial charge in [0.25, 0.3) is 11.8 Å². The first kappa shape index (κ1) is 21.0. The zero-order valence-electron chi connectivity index (χ0n) is 17.0. The number of carbonyl (C=O) groups is 2. The van der Waals surface area contributed by atoms with Crippen LogP contribution < -0.4 is 14.8 Å². The van der Waals surface area contributed by atoms with E-state index in [1.807, 2.05) is 31.2 Å².